The van der Waals surface area contributed by atoms with Crippen LogP contribution in [0.25, 0.3) is 0 Å². The van der Waals surface area contributed by atoms with E-state index in [4.69, 9.17) is 18.5 Å². The van der Waals surface area contributed by atoms with E-state index in [1.807, 2.05) is 12.2 Å². The minimum atomic E-state index is -5.15. The summed E-state index contributed by atoms with van der Waals surface area (Å²) in [5.41, 5.74) is 0. The fourth-order valence-corrected chi connectivity index (χ4v) is 8.01. The lowest BCUT2D eigenvalue weighted by atomic mass is 9.85. The van der Waals surface area contributed by atoms with Crippen molar-refractivity contribution in [1.29, 1.82) is 0 Å². The topological polar surface area (TPSA) is 227 Å². The molecule has 0 heterocycles. The van der Waals surface area contributed by atoms with E-state index in [2.05, 4.69) is 50.3 Å². The van der Waals surface area contributed by atoms with Gasteiger partial charge in [-0.25, -0.2) is 4.57 Å². The Morgan fingerprint density at radius 2 is 0.969 bits per heavy atom. The summed E-state index contributed by atoms with van der Waals surface area (Å²) in [6.07, 6.45) is 31.0. The SMILES string of the molecule is CCCCCC/C=C\C/C=C\C/C=C\CCCCCCCCC(=O)OC[C@H](COP(=O)(O)OC1[C@H](O)[C@H](O)C(O)[C@H](O)[C@H]1O)OC(=O)CCCCCCC/C=C\C=C\C(=O)CCCCC. The van der Waals surface area contributed by atoms with Crippen molar-refractivity contribution in [1.82, 2.24) is 0 Å². The number of allylic oxidation sites excluding steroid dienone is 10. The first-order chi connectivity index (χ1) is 31.3. The molecular weight excluding hydrogens is 856 g/mol. The molecule has 374 valence electrons. The Balaban J connectivity index is 2.46. The van der Waals surface area contributed by atoms with Crippen LogP contribution < -0.4 is 0 Å². The molecule has 0 amide bonds. The molecule has 0 aromatic heterocycles. The standard InChI is InChI=1S/C50H85O14P/c1-3-5-7-8-9-10-11-12-13-14-15-16-17-18-19-20-23-26-29-33-37-43(52)61-39-42(40-62-65(59,60)64-50-48(57)46(55)45(54)47(56)49(50)58)63-44(53)38-34-30-27-24-21-22-25-28-32-36-41(51)35-31-6-4-2/h10-11,13-14,16-17,25,28,32,36,42,45-50,54-58H,3-9,12,15,18-24,26-27,29-31,33-35,37-40H2,1-2H3,(H,59,60)/b11-10-,14-13-,17-16-,28-25-,36-32+/t42-,45?,46-,47+,48-,49-,50?/m1/s1. The summed E-state index contributed by atoms with van der Waals surface area (Å²) < 4.78 is 33.5. The molecule has 14 nitrogen and oxygen atoms in total. The number of carbonyl (C=O) groups excluding carboxylic acids is 3. The summed E-state index contributed by atoms with van der Waals surface area (Å²) in [5, 5.41) is 50.2. The molecule has 0 aromatic rings. The molecule has 0 spiro atoms. The fraction of sp³-hybridized carbons (Fsp3) is 0.740. The van der Waals surface area contributed by atoms with Crippen molar-refractivity contribution < 1.29 is 67.9 Å². The lowest BCUT2D eigenvalue weighted by Gasteiger charge is -2.41. The van der Waals surface area contributed by atoms with E-state index in [1.165, 1.54) is 32.1 Å². The number of unbranched alkanes of at least 4 members (excludes halogenated alkanes) is 17. The highest BCUT2D eigenvalue weighted by Gasteiger charge is 2.51. The molecule has 1 aliphatic rings. The number of hydrogen-bond acceptors (Lipinski definition) is 13. The average Bonchev–Trinajstić information content (AvgIpc) is 3.28. The predicted molar refractivity (Wildman–Crippen MR) is 254 cm³/mol. The molecule has 15 heteroatoms. The van der Waals surface area contributed by atoms with Crippen LogP contribution in [0.4, 0.5) is 0 Å². The van der Waals surface area contributed by atoms with Crippen LogP contribution in [0.5, 0.6) is 0 Å². The zero-order chi connectivity index (χ0) is 48.0. The summed E-state index contributed by atoms with van der Waals surface area (Å²) in [5.74, 6) is -1.04. The lowest BCUT2D eigenvalue weighted by Crippen LogP contribution is -2.64. The molecule has 1 fully saturated rings. The van der Waals surface area contributed by atoms with Crippen molar-refractivity contribution in [3.05, 3.63) is 60.8 Å². The quantitative estimate of drug-likeness (QED) is 0.00841. The molecular formula is C50H85O14P. The van der Waals surface area contributed by atoms with Crippen LogP contribution in [-0.2, 0) is 37.5 Å². The summed E-state index contributed by atoms with van der Waals surface area (Å²) in [4.78, 5) is 47.6. The normalized spacial score (nSPS) is 21.8. The van der Waals surface area contributed by atoms with Gasteiger partial charge in [-0.2, -0.15) is 0 Å². The third kappa shape index (κ3) is 31.8. The van der Waals surface area contributed by atoms with E-state index in [1.54, 1.807) is 12.2 Å². The van der Waals surface area contributed by atoms with E-state index in [-0.39, 0.29) is 18.6 Å². The highest BCUT2D eigenvalue weighted by atomic mass is 31.2. The van der Waals surface area contributed by atoms with Crippen molar-refractivity contribution in [2.75, 3.05) is 13.2 Å². The van der Waals surface area contributed by atoms with Gasteiger partial charge in [0.2, 0.25) is 0 Å². The van der Waals surface area contributed by atoms with E-state index >= 15 is 0 Å². The maximum atomic E-state index is 12.8. The minimum absolute atomic E-state index is 0.0400. The van der Waals surface area contributed by atoms with Gasteiger partial charge in [0.05, 0.1) is 6.61 Å². The second-order valence-corrected chi connectivity index (χ2v) is 18.4. The molecule has 1 saturated carbocycles. The van der Waals surface area contributed by atoms with Gasteiger partial charge in [-0.15, -0.1) is 0 Å². The molecule has 0 bridgehead atoms. The first-order valence-corrected chi connectivity index (χ1v) is 26.0. The monoisotopic (exact) mass is 941 g/mol. The number of aliphatic hydroxyl groups excluding tert-OH is 5. The number of rotatable bonds is 40. The molecule has 1 rings (SSSR count). The fourth-order valence-electron chi connectivity index (χ4n) is 7.04. The van der Waals surface area contributed by atoms with Crippen LogP contribution in [0.2, 0.25) is 0 Å². The Bertz CT molecular complexity index is 1430. The van der Waals surface area contributed by atoms with E-state index in [0.717, 1.165) is 103 Å². The first kappa shape index (κ1) is 60.2. The summed E-state index contributed by atoms with van der Waals surface area (Å²) in [6.45, 7) is 3.09. The summed E-state index contributed by atoms with van der Waals surface area (Å²) >= 11 is 0. The van der Waals surface area contributed by atoms with Gasteiger partial charge in [0, 0.05) is 19.3 Å². The second-order valence-electron chi connectivity index (χ2n) is 17.0. The molecule has 0 radical (unpaired) electrons. The Kier molecular flexibility index (Phi) is 36.4. The van der Waals surface area contributed by atoms with Crippen molar-refractivity contribution in [2.45, 2.75) is 224 Å². The van der Waals surface area contributed by atoms with Crippen LogP contribution in [0.1, 0.15) is 181 Å². The number of ketones is 1. The molecule has 0 aliphatic heterocycles. The van der Waals surface area contributed by atoms with Gasteiger partial charge in [-0.3, -0.25) is 23.4 Å². The van der Waals surface area contributed by atoms with Crippen LogP contribution in [0.15, 0.2) is 60.8 Å². The number of aliphatic hydroxyl groups is 5. The van der Waals surface area contributed by atoms with E-state index in [9.17, 15) is 49.4 Å². The van der Waals surface area contributed by atoms with Gasteiger partial charge in [0.1, 0.15) is 43.2 Å². The van der Waals surface area contributed by atoms with Crippen molar-refractivity contribution >= 4 is 25.5 Å². The van der Waals surface area contributed by atoms with Crippen LogP contribution >= 0.6 is 7.82 Å². The van der Waals surface area contributed by atoms with Crippen molar-refractivity contribution in [2.24, 2.45) is 0 Å². The molecule has 1 aliphatic carbocycles. The van der Waals surface area contributed by atoms with Crippen molar-refractivity contribution in [3.8, 4) is 0 Å². The number of carbonyl (C=O) groups is 3. The van der Waals surface area contributed by atoms with Gasteiger partial charge in [-0.1, -0.05) is 146 Å². The van der Waals surface area contributed by atoms with Gasteiger partial charge in [0.15, 0.2) is 11.9 Å². The lowest BCUT2D eigenvalue weighted by molar-refractivity contribution is -0.220. The van der Waals surface area contributed by atoms with Gasteiger partial charge in [-0.05, 0) is 76.7 Å². The summed E-state index contributed by atoms with van der Waals surface area (Å²) in [6, 6.07) is 0. The van der Waals surface area contributed by atoms with Gasteiger partial charge in [0.25, 0.3) is 0 Å². The Labute approximate surface area is 389 Å². The predicted octanol–water partition coefficient (Wildman–Crippen LogP) is 9.29. The number of esters is 2. The third-order valence-electron chi connectivity index (χ3n) is 11.1. The van der Waals surface area contributed by atoms with Crippen molar-refractivity contribution in [3.63, 3.8) is 0 Å². The Morgan fingerprint density at radius 1 is 0.523 bits per heavy atom. The maximum absolute atomic E-state index is 12.8. The zero-order valence-corrected chi connectivity index (χ0v) is 40.4. The smallest absolute Gasteiger partial charge is 0.462 e. The Morgan fingerprint density at radius 3 is 1.54 bits per heavy atom. The molecule has 6 N–H and O–H groups in total. The van der Waals surface area contributed by atoms with Crippen LogP contribution in [0, 0.1) is 0 Å². The average molecular weight is 941 g/mol. The molecule has 8 atom stereocenters. The number of phosphoric acid groups is 1. The third-order valence-corrected chi connectivity index (χ3v) is 12.0. The highest BCUT2D eigenvalue weighted by Crippen LogP contribution is 2.47. The largest absolute Gasteiger partial charge is 0.472 e. The van der Waals surface area contributed by atoms with E-state index in [0.29, 0.717) is 19.3 Å². The first-order valence-electron chi connectivity index (χ1n) is 24.5. The number of ether oxygens (including phenoxy) is 2. The second kappa shape index (κ2) is 39.2. The molecule has 0 aromatic carbocycles. The van der Waals surface area contributed by atoms with Crippen LogP contribution in [0.3, 0.4) is 0 Å². The number of phosphoric ester groups is 1. The number of hydrogen-bond donors (Lipinski definition) is 6. The van der Waals surface area contributed by atoms with Gasteiger partial charge >= 0.3 is 19.8 Å². The van der Waals surface area contributed by atoms with E-state index < -0.39 is 75.7 Å². The molecule has 65 heavy (non-hydrogen) atoms. The Hall–Kier alpha value is -2.78. The van der Waals surface area contributed by atoms with Gasteiger partial charge < -0.3 is 39.9 Å². The highest BCUT2D eigenvalue weighted by molar-refractivity contribution is 7.47. The summed E-state index contributed by atoms with van der Waals surface area (Å²) in [7, 11) is -5.15. The minimum Gasteiger partial charge on any atom is -0.462 e. The molecule has 0 saturated heterocycles. The molecule has 3 unspecified atom stereocenters. The van der Waals surface area contributed by atoms with Crippen LogP contribution in [-0.4, -0.2) is 104 Å². The maximum Gasteiger partial charge on any atom is 0.472 e. The zero-order valence-electron chi connectivity index (χ0n) is 39.5.